The van der Waals surface area contributed by atoms with E-state index in [0.29, 0.717) is 33.3 Å². The second-order valence-electron chi connectivity index (χ2n) is 5.00. The molecule has 3 heterocycles. The number of rotatable bonds is 2. The maximum atomic E-state index is 6.05. The zero-order valence-electron chi connectivity index (χ0n) is 11.9. The second-order valence-corrected chi connectivity index (χ2v) is 5.43. The number of nitrogens with two attached hydrogens (primary N) is 1. The number of halogens is 1. The molecule has 0 saturated heterocycles. The molecule has 0 saturated carbocycles. The summed E-state index contributed by atoms with van der Waals surface area (Å²) in [5.74, 6) is 1.05. The van der Waals surface area contributed by atoms with Gasteiger partial charge in [-0.2, -0.15) is 0 Å². The van der Waals surface area contributed by atoms with E-state index in [1.54, 1.807) is 6.26 Å². The van der Waals surface area contributed by atoms with Crippen LogP contribution in [-0.4, -0.2) is 15.0 Å². The molecule has 5 nitrogen and oxygen atoms in total. The maximum Gasteiger partial charge on any atom is 0.166 e. The van der Waals surface area contributed by atoms with E-state index in [1.165, 1.54) is 6.33 Å². The summed E-state index contributed by atoms with van der Waals surface area (Å²) in [4.78, 5) is 12.9. The molecule has 4 rings (SSSR count). The van der Waals surface area contributed by atoms with E-state index >= 15 is 0 Å². The fourth-order valence-corrected chi connectivity index (χ4v) is 2.62. The SMILES string of the molecule is Nc1ncnc2nc(-c3ccco3)cc(-c3ccc(Cl)cc3)c12. The van der Waals surface area contributed by atoms with Crippen molar-refractivity contribution in [3.05, 3.63) is 60.1 Å². The van der Waals surface area contributed by atoms with E-state index in [4.69, 9.17) is 21.8 Å². The number of fused-ring (bicyclic) bond motifs is 1. The average Bonchev–Trinajstić information content (AvgIpc) is 3.09. The van der Waals surface area contributed by atoms with E-state index < -0.39 is 0 Å². The molecule has 0 aliphatic heterocycles. The third-order valence-electron chi connectivity index (χ3n) is 3.56. The molecular formula is C17H11ClN4O. The second kappa shape index (κ2) is 5.37. The predicted octanol–water partition coefficient (Wildman–Crippen LogP) is 4.19. The first kappa shape index (κ1) is 13.7. The van der Waals surface area contributed by atoms with Crippen molar-refractivity contribution in [2.45, 2.75) is 0 Å². The van der Waals surface area contributed by atoms with E-state index in [1.807, 2.05) is 42.5 Å². The number of hydrogen-bond acceptors (Lipinski definition) is 5. The topological polar surface area (TPSA) is 77.8 Å². The van der Waals surface area contributed by atoms with Gasteiger partial charge < -0.3 is 10.2 Å². The Balaban J connectivity index is 2.05. The van der Waals surface area contributed by atoms with Gasteiger partial charge in [0, 0.05) is 5.02 Å². The molecule has 0 radical (unpaired) electrons. The van der Waals surface area contributed by atoms with Crippen molar-refractivity contribution in [2.75, 3.05) is 5.73 Å². The molecule has 0 spiro atoms. The van der Waals surface area contributed by atoms with Crippen LogP contribution in [0.4, 0.5) is 5.82 Å². The maximum absolute atomic E-state index is 6.05. The van der Waals surface area contributed by atoms with Gasteiger partial charge in [-0.1, -0.05) is 23.7 Å². The van der Waals surface area contributed by atoms with Gasteiger partial charge in [-0.25, -0.2) is 15.0 Å². The van der Waals surface area contributed by atoms with Crippen LogP contribution in [0, 0.1) is 0 Å². The van der Waals surface area contributed by atoms with E-state index in [2.05, 4.69) is 15.0 Å². The Morgan fingerprint density at radius 2 is 1.87 bits per heavy atom. The zero-order valence-corrected chi connectivity index (χ0v) is 12.7. The third kappa shape index (κ3) is 2.41. The van der Waals surface area contributed by atoms with E-state index in [0.717, 1.165) is 11.1 Å². The van der Waals surface area contributed by atoms with Crippen LogP contribution in [-0.2, 0) is 0 Å². The smallest absolute Gasteiger partial charge is 0.166 e. The van der Waals surface area contributed by atoms with Crippen LogP contribution >= 0.6 is 11.6 Å². The Kier molecular flexibility index (Phi) is 3.20. The van der Waals surface area contributed by atoms with Gasteiger partial charge in [0.2, 0.25) is 0 Å². The summed E-state index contributed by atoms with van der Waals surface area (Å²) in [5, 5.41) is 1.38. The van der Waals surface area contributed by atoms with Crippen molar-refractivity contribution in [2.24, 2.45) is 0 Å². The molecule has 112 valence electrons. The van der Waals surface area contributed by atoms with Crippen LogP contribution in [0.5, 0.6) is 0 Å². The largest absolute Gasteiger partial charge is 0.463 e. The number of anilines is 1. The van der Waals surface area contributed by atoms with Crippen molar-refractivity contribution in [3.63, 3.8) is 0 Å². The van der Waals surface area contributed by atoms with Gasteiger partial charge in [-0.05, 0) is 41.5 Å². The Labute approximate surface area is 136 Å². The lowest BCUT2D eigenvalue weighted by atomic mass is 10.0. The Hall–Kier alpha value is -2.92. The summed E-state index contributed by atoms with van der Waals surface area (Å²) in [6, 6.07) is 13.1. The minimum absolute atomic E-state index is 0.387. The number of nitrogens with zero attached hydrogens (tertiary/aromatic N) is 3. The van der Waals surface area contributed by atoms with E-state index in [-0.39, 0.29) is 0 Å². The molecule has 4 aromatic rings. The van der Waals surface area contributed by atoms with Crippen molar-refractivity contribution in [1.82, 2.24) is 15.0 Å². The predicted molar refractivity (Wildman–Crippen MR) is 89.9 cm³/mol. The Morgan fingerprint density at radius 1 is 1.04 bits per heavy atom. The van der Waals surface area contributed by atoms with Gasteiger partial charge in [0.25, 0.3) is 0 Å². The van der Waals surface area contributed by atoms with Gasteiger partial charge in [0.05, 0.1) is 11.6 Å². The molecule has 0 fully saturated rings. The normalized spacial score (nSPS) is 11.0. The number of hydrogen-bond donors (Lipinski definition) is 1. The molecular weight excluding hydrogens is 312 g/mol. The third-order valence-corrected chi connectivity index (χ3v) is 3.81. The zero-order chi connectivity index (χ0) is 15.8. The summed E-state index contributed by atoms with van der Waals surface area (Å²) < 4.78 is 5.45. The number of pyridine rings is 1. The summed E-state index contributed by atoms with van der Waals surface area (Å²) in [7, 11) is 0. The monoisotopic (exact) mass is 322 g/mol. The van der Waals surface area contributed by atoms with Crippen LogP contribution in [0.1, 0.15) is 0 Å². The van der Waals surface area contributed by atoms with Crippen molar-refractivity contribution in [1.29, 1.82) is 0 Å². The lowest BCUT2D eigenvalue weighted by molar-refractivity contribution is 0.580. The fraction of sp³-hybridized carbons (Fsp3) is 0. The minimum Gasteiger partial charge on any atom is -0.463 e. The molecule has 23 heavy (non-hydrogen) atoms. The molecule has 0 unspecified atom stereocenters. The van der Waals surface area contributed by atoms with Crippen LogP contribution in [0.3, 0.4) is 0 Å². The van der Waals surface area contributed by atoms with Crippen LogP contribution in [0.2, 0.25) is 5.02 Å². The summed E-state index contributed by atoms with van der Waals surface area (Å²) in [6.07, 6.45) is 3.01. The average molecular weight is 323 g/mol. The summed E-state index contributed by atoms with van der Waals surface area (Å²) in [5.41, 5.74) is 9.10. The van der Waals surface area contributed by atoms with Gasteiger partial charge in [0.15, 0.2) is 11.4 Å². The first-order valence-electron chi connectivity index (χ1n) is 6.93. The first-order valence-corrected chi connectivity index (χ1v) is 7.31. The summed E-state index contributed by atoms with van der Waals surface area (Å²) in [6.45, 7) is 0. The van der Waals surface area contributed by atoms with Gasteiger partial charge in [0.1, 0.15) is 17.8 Å². The molecule has 2 N–H and O–H groups in total. The molecule has 0 aliphatic rings. The molecule has 0 bridgehead atoms. The van der Waals surface area contributed by atoms with Gasteiger partial charge >= 0.3 is 0 Å². The van der Waals surface area contributed by atoms with Crippen LogP contribution in [0.25, 0.3) is 33.6 Å². The Bertz CT molecular complexity index is 982. The van der Waals surface area contributed by atoms with Crippen molar-refractivity contribution < 1.29 is 4.42 Å². The van der Waals surface area contributed by atoms with Gasteiger partial charge in [-0.15, -0.1) is 0 Å². The highest BCUT2D eigenvalue weighted by Crippen LogP contribution is 2.34. The molecule has 1 aromatic carbocycles. The minimum atomic E-state index is 0.387. The van der Waals surface area contributed by atoms with E-state index in [9.17, 15) is 0 Å². The number of benzene rings is 1. The summed E-state index contributed by atoms with van der Waals surface area (Å²) >= 11 is 5.98. The highest BCUT2D eigenvalue weighted by molar-refractivity contribution is 6.30. The van der Waals surface area contributed by atoms with Crippen molar-refractivity contribution >= 4 is 28.5 Å². The molecule has 0 aliphatic carbocycles. The van der Waals surface area contributed by atoms with Crippen LogP contribution in [0.15, 0.2) is 59.5 Å². The molecule has 0 amide bonds. The lowest BCUT2D eigenvalue weighted by Gasteiger charge is -2.10. The Morgan fingerprint density at radius 3 is 2.61 bits per heavy atom. The first-order chi connectivity index (χ1) is 11.2. The molecule has 3 aromatic heterocycles. The van der Waals surface area contributed by atoms with Gasteiger partial charge in [-0.3, -0.25) is 0 Å². The fourth-order valence-electron chi connectivity index (χ4n) is 2.50. The van der Waals surface area contributed by atoms with Crippen LogP contribution < -0.4 is 5.73 Å². The highest BCUT2D eigenvalue weighted by Gasteiger charge is 2.14. The number of furan rings is 1. The standard InChI is InChI=1S/C17H11ClN4O/c18-11-5-3-10(4-6-11)12-8-13(14-2-1-7-23-14)22-17-15(12)16(19)20-9-21-17/h1-9H,(H2,19,20,21,22). The molecule has 0 atom stereocenters. The lowest BCUT2D eigenvalue weighted by Crippen LogP contribution is -1.98. The van der Waals surface area contributed by atoms with Crippen molar-refractivity contribution in [3.8, 4) is 22.6 Å². The highest BCUT2D eigenvalue weighted by atomic mass is 35.5. The number of nitrogen functional groups attached to an aromatic ring is 1. The molecule has 6 heteroatoms. The number of aromatic nitrogens is 3. The quantitative estimate of drug-likeness (QED) is 0.598.